The molecule has 0 aliphatic heterocycles. The van der Waals surface area contributed by atoms with Crippen LogP contribution in [0.15, 0.2) is 12.3 Å². The normalized spacial score (nSPS) is 9.20. The highest BCUT2D eigenvalue weighted by Gasteiger charge is 1.91. The monoisotopic (exact) mass is 136 g/mol. The highest BCUT2D eigenvalue weighted by molar-refractivity contribution is 5.56. The number of hydrogen-bond acceptors (Lipinski definition) is 4. The minimum Gasteiger partial charge on any atom is -0.368 e. The number of nitrogen functional groups attached to an aromatic ring is 1. The standard InChI is InChI=1S/C6H8N4/c7-3-1-5-2-4-9-6(8)10-5/h2-4,7H,1H2,(H2,8,9,10). The van der Waals surface area contributed by atoms with Gasteiger partial charge in [0.15, 0.2) is 0 Å². The average molecular weight is 136 g/mol. The fourth-order valence-electron chi connectivity index (χ4n) is 0.631. The first kappa shape index (κ1) is 6.67. The van der Waals surface area contributed by atoms with E-state index in [0.717, 1.165) is 5.69 Å². The molecule has 0 aliphatic carbocycles. The number of hydrogen-bond donors (Lipinski definition) is 2. The highest BCUT2D eigenvalue weighted by Crippen LogP contribution is 1.94. The molecule has 0 atom stereocenters. The van der Waals surface area contributed by atoms with Crippen LogP contribution >= 0.6 is 0 Å². The van der Waals surface area contributed by atoms with Crippen LogP contribution in [-0.4, -0.2) is 16.2 Å². The van der Waals surface area contributed by atoms with Gasteiger partial charge in [-0.1, -0.05) is 0 Å². The zero-order valence-corrected chi connectivity index (χ0v) is 5.41. The van der Waals surface area contributed by atoms with Crippen LogP contribution in [0.4, 0.5) is 5.95 Å². The van der Waals surface area contributed by atoms with E-state index in [-0.39, 0.29) is 5.95 Å². The number of nitrogens with zero attached hydrogens (tertiary/aromatic N) is 2. The van der Waals surface area contributed by atoms with Crippen LogP contribution < -0.4 is 5.73 Å². The van der Waals surface area contributed by atoms with Crippen molar-refractivity contribution in [3.8, 4) is 0 Å². The van der Waals surface area contributed by atoms with Crippen LogP contribution in [0.5, 0.6) is 0 Å². The molecule has 3 N–H and O–H groups in total. The van der Waals surface area contributed by atoms with E-state index in [2.05, 4.69) is 9.97 Å². The lowest BCUT2D eigenvalue weighted by Gasteiger charge is -1.93. The number of nitrogens with one attached hydrogen (secondary N) is 1. The Balaban J connectivity index is 2.84. The van der Waals surface area contributed by atoms with Crippen LogP contribution in [-0.2, 0) is 6.42 Å². The van der Waals surface area contributed by atoms with Crippen molar-refractivity contribution in [3.63, 3.8) is 0 Å². The van der Waals surface area contributed by atoms with E-state index in [9.17, 15) is 0 Å². The summed E-state index contributed by atoms with van der Waals surface area (Å²) in [4.78, 5) is 7.59. The van der Waals surface area contributed by atoms with Crippen molar-refractivity contribution < 1.29 is 0 Å². The first-order valence-corrected chi connectivity index (χ1v) is 2.89. The van der Waals surface area contributed by atoms with Crippen molar-refractivity contribution in [2.75, 3.05) is 5.73 Å². The molecule has 0 aromatic carbocycles. The third-order valence-corrected chi connectivity index (χ3v) is 1.04. The van der Waals surface area contributed by atoms with Gasteiger partial charge in [-0.05, 0) is 6.07 Å². The molecule has 4 heteroatoms. The van der Waals surface area contributed by atoms with Crippen LogP contribution in [0.25, 0.3) is 0 Å². The highest BCUT2D eigenvalue weighted by atomic mass is 15.0. The molecule has 0 aliphatic rings. The Bertz CT molecular complexity index is 233. The Morgan fingerprint density at radius 2 is 2.50 bits per heavy atom. The third-order valence-electron chi connectivity index (χ3n) is 1.04. The summed E-state index contributed by atoms with van der Waals surface area (Å²) in [5, 5.41) is 6.78. The SMILES string of the molecule is N=CCc1ccnc(N)n1. The Morgan fingerprint density at radius 3 is 3.10 bits per heavy atom. The van der Waals surface area contributed by atoms with Gasteiger partial charge in [-0.3, -0.25) is 0 Å². The number of rotatable bonds is 2. The van der Waals surface area contributed by atoms with Gasteiger partial charge < -0.3 is 11.1 Å². The van der Waals surface area contributed by atoms with Gasteiger partial charge in [0.1, 0.15) is 0 Å². The Kier molecular flexibility index (Phi) is 1.94. The van der Waals surface area contributed by atoms with E-state index in [1.807, 2.05) is 0 Å². The maximum atomic E-state index is 6.78. The van der Waals surface area contributed by atoms with Gasteiger partial charge in [-0.15, -0.1) is 0 Å². The van der Waals surface area contributed by atoms with Crippen LogP contribution in [0, 0.1) is 5.41 Å². The molecule has 0 saturated carbocycles. The Morgan fingerprint density at radius 1 is 1.70 bits per heavy atom. The van der Waals surface area contributed by atoms with E-state index < -0.39 is 0 Å². The fraction of sp³-hybridized carbons (Fsp3) is 0.167. The second kappa shape index (κ2) is 2.91. The molecule has 1 heterocycles. The van der Waals surface area contributed by atoms with Gasteiger partial charge in [-0.2, -0.15) is 0 Å². The summed E-state index contributed by atoms with van der Waals surface area (Å²) in [5.74, 6) is 0.263. The van der Waals surface area contributed by atoms with Crippen LogP contribution in [0.3, 0.4) is 0 Å². The van der Waals surface area contributed by atoms with E-state index >= 15 is 0 Å². The van der Waals surface area contributed by atoms with E-state index in [0.29, 0.717) is 6.42 Å². The van der Waals surface area contributed by atoms with Crippen LogP contribution in [0.2, 0.25) is 0 Å². The molecule has 0 fully saturated rings. The lowest BCUT2D eigenvalue weighted by Crippen LogP contribution is -1.98. The maximum absolute atomic E-state index is 6.78. The minimum atomic E-state index is 0.263. The van der Waals surface area contributed by atoms with Gasteiger partial charge in [0.25, 0.3) is 0 Å². The Labute approximate surface area is 58.6 Å². The predicted octanol–water partition coefficient (Wildman–Crippen LogP) is 0.251. The topological polar surface area (TPSA) is 75.7 Å². The molecular weight excluding hydrogens is 128 g/mol. The van der Waals surface area contributed by atoms with Gasteiger partial charge >= 0.3 is 0 Å². The molecule has 0 amide bonds. The molecule has 0 bridgehead atoms. The third kappa shape index (κ3) is 1.51. The van der Waals surface area contributed by atoms with Crippen molar-refractivity contribution >= 4 is 12.2 Å². The average Bonchev–Trinajstić information content (AvgIpc) is 1.88. The largest absolute Gasteiger partial charge is 0.368 e. The van der Waals surface area contributed by atoms with Gasteiger partial charge in [0.05, 0.1) is 5.69 Å². The van der Waals surface area contributed by atoms with Gasteiger partial charge in [-0.25, -0.2) is 9.97 Å². The first-order chi connectivity index (χ1) is 4.83. The fourth-order valence-corrected chi connectivity index (χ4v) is 0.631. The van der Waals surface area contributed by atoms with E-state index in [1.165, 1.54) is 6.21 Å². The van der Waals surface area contributed by atoms with Crippen molar-refractivity contribution in [3.05, 3.63) is 18.0 Å². The quantitative estimate of drug-likeness (QED) is 0.572. The smallest absolute Gasteiger partial charge is 0.220 e. The molecule has 0 radical (unpaired) electrons. The van der Waals surface area contributed by atoms with Gasteiger partial charge in [0, 0.05) is 18.8 Å². The predicted molar refractivity (Wildman–Crippen MR) is 38.9 cm³/mol. The molecule has 4 nitrogen and oxygen atoms in total. The van der Waals surface area contributed by atoms with Crippen LogP contribution in [0.1, 0.15) is 5.69 Å². The minimum absolute atomic E-state index is 0.263. The number of anilines is 1. The lowest BCUT2D eigenvalue weighted by molar-refractivity contribution is 1.09. The molecule has 52 valence electrons. The molecule has 1 aromatic rings. The number of aromatic nitrogens is 2. The zero-order chi connectivity index (χ0) is 7.40. The molecular formula is C6H8N4. The van der Waals surface area contributed by atoms with Crippen molar-refractivity contribution in [1.82, 2.24) is 9.97 Å². The van der Waals surface area contributed by atoms with Gasteiger partial charge in [0.2, 0.25) is 5.95 Å². The lowest BCUT2D eigenvalue weighted by atomic mass is 10.3. The summed E-state index contributed by atoms with van der Waals surface area (Å²) in [6.45, 7) is 0. The van der Waals surface area contributed by atoms with E-state index in [1.54, 1.807) is 12.3 Å². The summed E-state index contributed by atoms with van der Waals surface area (Å²) >= 11 is 0. The molecule has 1 rings (SSSR count). The summed E-state index contributed by atoms with van der Waals surface area (Å²) in [7, 11) is 0. The molecule has 1 aromatic heterocycles. The molecule has 0 unspecified atom stereocenters. The maximum Gasteiger partial charge on any atom is 0.220 e. The summed E-state index contributed by atoms with van der Waals surface area (Å²) in [5.41, 5.74) is 6.07. The first-order valence-electron chi connectivity index (χ1n) is 2.89. The molecule has 0 spiro atoms. The van der Waals surface area contributed by atoms with Crippen molar-refractivity contribution in [2.24, 2.45) is 0 Å². The second-order valence-corrected chi connectivity index (χ2v) is 1.81. The summed E-state index contributed by atoms with van der Waals surface area (Å²) in [6.07, 6.45) is 3.38. The second-order valence-electron chi connectivity index (χ2n) is 1.81. The summed E-state index contributed by atoms with van der Waals surface area (Å²) in [6, 6.07) is 1.74. The number of nitrogens with two attached hydrogens (primary N) is 1. The molecule has 0 saturated heterocycles. The zero-order valence-electron chi connectivity index (χ0n) is 5.41. The summed E-state index contributed by atoms with van der Waals surface area (Å²) < 4.78 is 0. The van der Waals surface area contributed by atoms with E-state index in [4.69, 9.17) is 11.1 Å². The Hall–Kier alpha value is -1.45. The van der Waals surface area contributed by atoms with Crippen molar-refractivity contribution in [1.29, 1.82) is 5.41 Å². The van der Waals surface area contributed by atoms with Crippen molar-refractivity contribution in [2.45, 2.75) is 6.42 Å². The molecule has 10 heavy (non-hydrogen) atoms.